The van der Waals surface area contributed by atoms with E-state index in [1.165, 1.54) is 0 Å². The van der Waals surface area contributed by atoms with Crippen LogP contribution in [0.2, 0.25) is 5.02 Å². The molecule has 1 aliphatic rings. The molecule has 0 spiro atoms. The number of unbranched alkanes of at least 4 members (excludes halogenated alkanes) is 1. The van der Waals surface area contributed by atoms with Gasteiger partial charge in [0.05, 0.1) is 18.7 Å². The maximum absolute atomic E-state index is 6.29. The van der Waals surface area contributed by atoms with Crippen LogP contribution in [0.5, 0.6) is 5.75 Å². The van der Waals surface area contributed by atoms with Gasteiger partial charge < -0.3 is 19.5 Å². The molecule has 4 rings (SSSR count). The lowest BCUT2D eigenvalue weighted by atomic mass is 9.94. The van der Waals surface area contributed by atoms with Crippen molar-refractivity contribution in [1.29, 1.82) is 0 Å². The van der Waals surface area contributed by atoms with Gasteiger partial charge in [0.15, 0.2) is 5.11 Å². The molecule has 8 heteroatoms. The van der Waals surface area contributed by atoms with Crippen LogP contribution in [0, 0.1) is 0 Å². The maximum Gasteiger partial charge on any atom is 0.258 e. The number of nitrogens with zero attached hydrogens (tertiary/aromatic N) is 3. The van der Waals surface area contributed by atoms with Crippen molar-refractivity contribution in [1.82, 2.24) is 20.4 Å². The first-order valence-electron chi connectivity index (χ1n) is 10.5. The van der Waals surface area contributed by atoms with E-state index < -0.39 is 0 Å². The molecule has 0 saturated carbocycles. The third kappa shape index (κ3) is 4.49. The molecular formula is C24H25ClN4O2S. The van der Waals surface area contributed by atoms with Gasteiger partial charge in [0, 0.05) is 22.8 Å². The summed E-state index contributed by atoms with van der Waals surface area (Å²) in [6.45, 7) is 5.02. The molecule has 1 aliphatic heterocycles. The van der Waals surface area contributed by atoms with Crippen LogP contribution in [0.25, 0.3) is 17.0 Å². The number of aromatic nitrogens is 2. The Balaban J connectivity index is 1.80. The van der Waals surface area contributed by atoms with E-state index in [1.807, 2.05) is 55.5 Å². The van der Waals surface area contributed by atoms with Crippen molar-refractivity contribution in [3.05, 3.63) is 70.7 Å². The molecule has 0 saturated heterocycles. The molecule has 0 amide bonds. The highest BCUT2D eigenvalue weighted by Crippen LogP contribution is 2.38. The van der Waals surface area contributed by atoms with Gasteiger partial charge >= 0.3 is 0 Å². The van der Waals surface area contributed by atoms with Crippen molar-refractivity contribution in [3.8, 4) is 17.1 Å². The first-order chi connectivity index (χ1) is 15.5. The zero-order valence-electron chi connectivity index (χ0n) is 18.3. The second-order valence-corrected chi connectivity index (χ2v) is 8.42. The van der Waals surface area contributed by atoms with E-state index in [0.29, 0.717) is 21.9 Å². The minimum atomic E-state index is -0.252. The Morgan fingerprint density at radius 1 is 1.22 bits per heavy atom. The average Bonchev–Trinajstić information content (AvgIpc) is 3.28. The molecule has 32 heavy (non-hydrogen) atoms. The van der Waals surface area contributed by atoms with Crippen molar-refractivity contribution in [2.75, 3.05) is 13.7 Å². The molecule has 1 aromatic heterocycles. The van der Waals surface area contributed by atoms with Crippen molar-refractivity contribution in [3.63, 3.8) is 0 Å². The molecule has 166 valence electrons. The molecule has 0 aliphatic carbocycles. The van der Waals surface area contributed by atoms with E-state index in [1.54, 1.807) is 7.11 Å². The molecule has 0 bridgehead atoms. The molecule has 1 unspecified atom stereocenters. The third-order valence-electron chi connectivity index (χ3n) is 5.50. The van der Waals surface area contributed by atoms with Gasteiger partial charge in [-0.1, -0.05) is 54.4 Å². The van der Waals surface area contributed by atoms with Gasteiger partial charge in [-0.05, 0) is 55.4 Å². The highest BCUT2D eigenvalue weighted by molar-refractivity contribution is 7.80. The summed E-state index contributed by atoms with van der Waals surface area (Å²) in [5.74, 6) is 1.68. The second kappa shape index (κ2) is 9.71. The van der Waals surface area contributed by atoms with Crippen molar-refractivity contribution >= 4 is 34.5 Å². The van der Waals surface area contributed by atoms with E-state index in [0.717, 1.165) is 47.5 Å². The zero-order chi connectivity index (χ0) is 22.7. The largest absolute Gasteiger partial charge is 0.497 e. The highest BCUT2D eigenvalue weighted by Gasteiger charge is 2.34. The van der Waals surface area contributed by atoms with E-state index in [4.69, 9.17) is 38.1 Å². The Hall–Kier alpha value is -2.90. The number of allylic oxidation sites excluding steroid dienone is 1. The number of nitrogens with one attached hydrogen (secondary N) is 1. The fourth-order valence-corrected chi connectivity index (χ4v) is 4.34. The lowest BCUT2D eigenvalue weighted by molar-refractivity contribution is 0.395. The standard InChI is InChI=1S/C24H25ClN4O2S/c1-4-5-12-29-15(2)20(21(26-24(29)32)16-8-6-10-18(25)13-16)23-27-22(28-31-23)17-9-7-11-19(14-17)30-3/h6-11,13-14,21H,4-5,12H2,1-3H3,(H,26,32). The predicted octanol–water partition coefficient (Wildman–Crippen LogP) is 5.86. The summed E-state index contributed by atoms with van der Waals surface area (Å²) in [4.78, 5) is 6.84. The molecule has 1 N–H and O–H groups in total. The highest BCUT2D eigenvalue weighted by atomic mass is 35.5. The van der Waals surface area contributed by atoms with Crippen molar-refractivity contribution in [2.45, 2.75) is 32.7 Å². The summed E-state index contributed by atoms with van der Waals surface area (Å²) in [7, 11) is 1.63. The third-order valence-corrected chi connectivity index (χ3v) is 6.07. The van der Waals surface area contributed by atoms with E-state index >= 15 is 0 Å². The molecule has 0 radical (unpaired) electrons. The number of methoxy groups -OCH3 is 1. The summed E-state index contributed by atoms with van der Waals surface area (Å²) in [5.41, 5.74) is 3.68. The van der Waals surface area contributed by atoms with E-state index in [9.17, 15) is 0 Å². The number of hydrogen-bond donors (Lipinski definition) is 1. The Morgan fingerprint density at radius 3 is 2.78 bits per heavy atom. The van der Waals surface area contributed by atoms with Gasteiger partial charge in [-0.25, -0.2) is 0 Å². The lowest BCUT2D eigenvalue weighted by Gasteiger charge is -2.37. The zero-order valence-corrected chi connectivity index (χ0v) is 19.8. The first kappa shape index (κ1) is 22.3. The monoisotopic (exact) mass is 468 g/mol. The van der Waals surface area contributed by atoms with Gasteiger partial charge in [-0.15, -0.1) is 0 Å². The van der Waals surface area contributed by atoms with Gasteiger partial charge in [-0.2, -0.15) is 4.98 Å². The molecule has 1 atom stereocenters. The molecule has 6 nitrogen and oxygen atoms in total. The van der Waals surface area contributed by atoms with Crippen LogP contribution >= 0.6 is 23.8 Å². The van der Waals surface area contributed by atoms with Gasteiger partial charge in [0.25, 0.3) is 5.89 Å². The first-order valence-corrected chi connectivity index (χ1v) is 11.3. The van der Waals surface area contributed by atoms with Gasteiger partial charge in [0.2, 0.25) is 5.82 Å². The maximum atomic E-state index is 6.29. The van der Waals surface area contributed by atoms with Gasteiger partial charge in [-0.3, -0.25) is 0 Å². The number of ether oxygens (including phenoxy) is 1. The fourth-order valence-electron chi connectivity index (χ4n) is 3.79. The Labute approximate surface area is 198 Å². The van der Waals surface area contributed by atoms with Gasteiger partial charge in [0.1, 0.15) is 5.75 Å². The van der Waals surface area contributed by atoms with Crippen LogP contribution in [-0.4, -0.2) is 33.8 Å². The summed E-state index contributed by atoms with van der Waals surface area (Å²) in [6, 6.07) is 15.0. The number of benzene rings is 2. The molecule has 2 heterocycles. The molecule has 3 aromatic rings. The summed E-state index contributed by atoms with van der Waals surface area (Å²) < 4.78 is 11.1. The summed E-state index contributed by atoms with van der Waals surface area (Å²) in [6.07, 6.45) is 2.09. The number of rotatable bonds is 7. The quantitative estimate of drug-likeness (QED) is 0.435. The van der Waals surface area contributed by atoms with Crippen LogP contribution in [0.3, 0.4) is 0 Å². The topological polar surface area (TPSA) is 63.4 Å². The SMILES string of the molecule is CCCCN1C(=S)NC(c2cccc(Cl)c2)C(c2nc(-c3cccc(OC)c3)no2)=C1C. The normalized spacial score (nSPS) is 16.3. The number of halogens is 1. The minimum absolute atomic E-state index is 0.252. The van der Waals surface area contributed by atoms with Crippen LogP contribution in [0.1, 0.15) is 44.2 Å². The van der Waals surface area contributed by atoms with Crippen LogP contribution in [-0.2, 0) is 0 Å². The Morgan fingerprint density at radius 2 is 2.03 bits per heavy atom. The smallest absolute Gasteiger partial charge is 0.258 e. The summed E-state index contributed by atoms with van der Waals surface area (Å²) in [5, 5.41) is 9.03. The number of thiocarbonyl (C=S) groups is 1. The summed E-state index contributed by atoms with van der Waals surface area (Å²) >= 11 is 12.0. The van der Waals surface area contributed by atoms with E-state index in [-0.39, 0.29) is 6.04 Å². The van der Waals surface area contributed by atoms with Crippen LogP contribution in [0.15, 0.2) is 58.8 Å². The Bertz CT molecular complexity index is 1160. The van der Waals surface area contributed by atoms with Crippen LogP contribution in [0.4, 0.5) is 0 Å². The van der Waals surface area contributed by atoms with Crippen molar-refractivity contribution in [2.24, 2.45) is 0 Å². The molecular weight excluding hydrogens is 444 g/mol. The second-order valence-electron chi connectivity index (χ2n) is 7.60. The van der Waals surface area contributed by atoms with Crippen LogP contribution < -0.4 is 10.1 Å². The minimum Gasteiger partial charge on any atom is -0.497 e. The fraction of sp³-hybridized carbons (Fsp3) is 0.292. The number of hydrogen-bond acceptors (Lipinski definition) is 5. The van der Waals surface area contributed by atoms with E-state index in [2.05, 4.69) is 22.3 Å². The average molecular weight is 469 g/mol. The lowest BCUT2D eigenvalue weighted by Crippen LogP contribution is -2.46. The Kier molecular flexibility index (Phi) is 6.77. The molecule has 0 fully saturated rings. The van der Waals surface area contributed by atoms with Crippen molar-refractivity contribution < 1.29 is 9.26 Å². The predicted molar refractivity (Wildman–Crippen MR) is 130 cm³/mol. The molecule has 2 aromatic carbocycles.